The Bertz CT molecular complexity index is 573. The minimum Gasteiger partial charge on any atom is -0.327 e. The third-order valence-corrected chi connectivity index (χ3v) is 4.99. The van der Waals surface area contributed by atoms with Gasteiger partial charge >= 0.3 is 0 Å². The maximum atomic E-state index is 6.14. The maximum Gasteiger partial charge on any atom is 0.142 e. The van der Waals surface area contributed by atoms with Gasteiger partial charge in [-0.05, 0) is 38.4 Å². The third kappa shape index (κ3) is 4.04. The Labute approximate surface area is 142 Å². The van der Waals surface area contributed by atoms with Crippen molar-refractivity contribution in [1.82, 2.24) is 14.9 Å². The Morgan fingerprint density at radius 1 is 1.41 bits per heavy atom. The van der Waals surface area contributed by atoms with Gasteiger partial charge in [-0.2, -0.15) is 0 Å². The van der Waals surface area contributed by atoms with E-state index in [2.05, 4.69) is 22.2 Å². The van der Waals surface area contributed by atoms with E-state index in [1.54, 1.807) is 11.3 Å². The Morgan fingerprint density at radius 2 is 2.27 bits per heavy atom. The second-order valence-electron chi connectivity index (χ2n) is 5.75. The van der Waals surface area contributed by atoms with Gasteiger partial charge in [0.25, 0.3) is 0 Å². The first kappa shape index (κ1) is 17.3. The predicted octanol–water partition coefficient (Wildman–Crippen LogP) is 3.33. The Morgan fingerprint density at radius 3 is 3.00 bits per heavy atom. The second-order valence-corrected chi connectivity index (χ2v) is 6.61. The minimum absolute atomic E-state index is 0. The van der Waals surface area contributed by atoms with E-state index in [4.69, 9.17) is 10.7 Å². The Balaban J connectivity index is 0.00000176. The quantitative estimate of drug-likeness (QED) is 0.929. The molecule has 2 aromatic heterocycles. The monoisotopic (exact) mass is 338 g/mol. The number of aromatic nitrogens is 2. The van der Waals surface area contributed by atoms with Gasteiger partial charge < -0.3 is 5.73 Å². The molecule has 2 unspecified atom stereocenters. The van der Waals surface area contributed by atoms with Crippen molar-refractivity contribution in [1.29, 1.82) is 0 Å². The molecule has 0 radical (unpaired) electrons. The van der Waals surface area contributed by atoms with Crippen molar-refractivity contribution in [2.45, 2.75) is 44.8 Å². The van der Waals surface area contributed by atoms with E-state index in [1.807, 2.05) is 24.4 Å². The SMILES string of the molecule is CC(N)C1CCCCN1Cc1csc(-c2ccccn2)n1.Cl. The lowest BCUT2D eigenvalue weighted by atomic mass is 9.97. The van der Waals surface area contributed by atoms with Gasteiger partial charge in [-0.3, -0.25) is 9.88 Å². The molecule has 1 aliphatic rings. The number of thiazole rings is 1. The lowest BCUT2D eigenvalue weighted by Crippen LogP contribution is -2.48. The topological polar surface area (TPSA) is 55.0 Å². The molecule has 0 spiro atoms. The zero-order valence-corrected chi connectivity index (χ0v) is 14.4. The van der Waals surface area contributed by atoms with Crippen LogP contribution in [-0.2, 0) is 6.54 Å². The molecule has 1 aliphatic heterocycles. The molecule has 0 bridgehead atoms. The van der Waals surface area contributed by atoms with Crippen molar-refractivity contribution in [3.63, 3.8) is 0 Å². The maximum absolute atomic E-state index is 6.14. The zero-order chi connectivity index (χ0) is 14.7. The summed E-state index contributed by atoms with van der Waals surface area (Å²) >= 11 is 1.67. The first-order valence-electron chi connectivity index (χ1n) is 7.59. The number of hydrogen-bond donors (Lipinski definition) is 1. The van der Waals surface area contributed by atoms with Crippen LogP contribution in [0.4, 0.5) is 0 Å². The molecule has 6 heteroatoms. The molecular weight excluding hydrogens is 316 g/mol. The molecule has 0 aliphatic carbocycles. The average molecular weight is 339 g/mol. The van der Waals surface area contributed by atoms with Crippen molar-refractivity contribution in [3.8, 4) is 10.7 Å². The number of piperidine rings is 1. The molecule has 3 heterocycles. The highest BCUT2D eigenvalue weighted by Gasteiger charge is 2.25. The summed E-state index contributed by atoms with van der Waals surface area (Å²) in [6.45, 7) is 4.14. The molecule has 1 fully saturated rings. The fourth-order valence-electron chi connectivity index (χ4n) is 3.00. The molecular formula is C16H23ClN4S. The summed E-state index contributed by atoms with van der Waals surface area (Å²) in [5.41, 5.74) is 8.23. The molecule has 1 saturated heterocycles. The lowest BCUT2D eigenvalue weighted by molar-refractivity contribution is 0.122. The minimum atomic E-state index is 0. The van der Waals surface area contributed by atoms with Crippen molar-refractivity contribution >= 4 is 23.7 Å². The van der Waals surface area contributed by atoms with Gasteiger partial charge in [0.2, 0.25) is 0 Å². The number of halogens is 1. The van der Waals surface area contributed by atoms with E-state index in [0.717, 1.165) is 29.5 Å². The molecule has 22 heavy (non-hydrogen) atoms. The van der Waals surface area contributed by atoms with Crippen LogP contribution in [0.15, 0.2) is 29.8 Å². The highest BCUT2D eigenvalue weighted by molar-refractivity contribution is 7.13. The first-order chi connectivity index (χ1) is 10.2. The van der Waals surface area contributed by atoms with Crippen molar-refractivity contribution in [2.75, 3.05) is 6.54 Å². The third-order valence-electron chi connectivity index (χ3n) is 4.07. The van der Waals surface area contributed by atoms with Gasteiger partial charge in [-0.15, -0.1) is 23.7 Å². The largest absolute Gasteiger partial charge is 0.327 e. The van der Waals surface area contributed by atoms with Crippen LogP contribution >= 0.6 is 23.7 Å². The molecule has 3 rings (SSSR count). The summed E-state index contributed by atoms with van der Waals surface area (Å²) < 4.78 is 0. The summed E-state index contributed by atoms with van der Waals surface area (Å²) in [6, 6.07) is 6.64. The summed E-state index contributed by atoms with van der Waals surface area (Å²) in [5, 5.41) is 3.15. The van der Waals surface area contributed by atoms with Gasteiger partial charge in [-0.25, -0.2) is 4.98 Å². The fraction of sp³-hybridized carbons (Fsp3) is 0.500. The smallest absolute Gasteiger partial charge is 0.142 e. The van der Waals surface area contributed by atoms with Gasteiger partial charge in [0.1, 0.15) is 5.01 Å². The molecule has 2 N–H and O–H groups in total. The molecule has 0 saturated carbocycles. The van der Waals surface area contributed by atoms with Crippen LogP contribution in [0.1, 0.15) is 31.9 Å². The number of hydrogen-bond acceptors (Lipinski definition) is 5. The van der Waals surface area contributed by atoms with Crippen LogP contribution in [-0.4, -0.2) is 33.5 Å². The molecule has 0 amide bonds. The lowest BCUT2D eigenvalue weighted by Gasteiger charge is -2.37. The van der Waals surface area contributed by atoms with E-state index in [-0.39, 0.29) is 18.4 Å². The molecule has 4 nitrogen and oxygen atoms in total. The summed E-state index contributed by atoms with van der Waals surface area (Å²) in [6.07, 6.45) is 5.57. The number of nitrogens with two attached hydrogens (primary N) is 1. The second kappa shape index (κ2) is 8.02. The molecule has 120 valence electrons. The first-order valence-corrected chi connectivity index (χ1v) is 8.47. The number of pyridine rings is 1. The van der Waals surface area contributed by atoms with Gasteiger partial charge in [-0.1, -0.05) is 12.5 Å². The van der Waals surface area contributed by atoms with E-state index in [1.165, 1.54) is 19.3 Å². The number of nitrogens with zero attached hydrogens (tertiary/aromatic N) is 3. The van der Waals surface area contributed by atoms with Crippen molar-refractivity contribution in [3.05, 3.63) is 35.5 Å². The van der Waals surface area contributed by atoms with Gasteiger partial charge in [0.15, 0.2) is 0 Å². The Hall–Kier alpha value is -1.01. The predicted molar refractivity (Wildman–Crippen MR) is 94.3 cm³/mol. The van der Waals surface area contributed by atoms with Crippen molar-refractivity contribution < 1.29 is 0 Å². The summed E-state index contributed by atoms with van der Waals surface area (Å²) in [5.74, 6) is 0. The van der Waals surface area contributed by atoms with E-state index in [0.29, 0.717) is 6.04 Å². The van der Waals surface area contributed by atoms with Crippen molar-refractivity contribution in [2.24, 2.45) is 5.73 Å². The normalized spacial score (nSPS) is 20.4. The molecule has 2 aromatic rings. The van der Waals surface area contributed by atoms with E-state index in [9.17, 15) is 0 Å². The Kier molecular flexibility index (Phi) is 6.32. The summed E-state index contributed by atoms with van der Waals surface area (Å²) in [7, 11) is 0. The van der Waals surface area contributed by atoms with Crippen LogP contribution in [0.5, 0.6) is 0 Å². The van der Waals surface area contributed by atoms with E-state index < -0.39 is 0 Å². The van der Waals surface area contributed by atoms with Crippen LogP contribution in [0.3, 0.4) is 0 Å². The average Bonchev–Trinajstić information content (AvgIpc) is 2.97. The van der Waals surface area contributed by atoms with Gasteiger partial charge in [0, 0.05) is 30.2 Å². The van der Waals surface area contributed by atoms with Crippen LogP contribution in [0, 0.1) is 0 Å². The summed E-state index contributed by atoms with van der Waals surface area (Å²) in [4.78, 5) is 11.6. The van der Waals surface area contributed by atoms with Crippen LogP contribution < -0.4 is 5.73 Å². The highest BCUT2D eigenvalue weighted by atomic mass is 35.5. The van der Waals surface area contributed by atoms with E-state index >= 15 is 0 Å². The zero-order valence-electron chi connectivity index (χ0n) is 12.8. The number of likely N-dealkylation sites (tertiary alicyclic amines) is 1. The fourth-order valence-corrected chi connectivity index (χ4v) is 3.79. The number of rotatable bonds is 4. The standard InChI is InChI=1S/C16H22N4S.ClH/c1-12(17)15-7-3-5-9-20(15)10-13-11-21-16(19-13)14-6-2-4-8-18-14;/h2,4,6,8,11-12,15H,3,5,7,9-10,17H2,1H3;1H. The molecule has 0 aromatic carbocycles. The van der Waals surface area contributed by atoms with Gasteiger partial charge in [0.05, 0.1) is 11.4 Å². The van der Waals surface area contributed by atoms with Crippen LogP contribution in [0.2, 0.25) is 0 Å². The molecule has 2 atom stereocenters. The van der Waals surface area contributed by atoms with Crippen LogP contribution in [0.25, 0.3) is 10.7 Å². The highest BCUT2D eigenvalue weighted by Crippen LogP contribution is 2.25.